The quantitative estimate of drug-likeness (QED) is 0.465. The molecule has 12 heteroatoms. The smallest absolute Gasteiger partial charge is 0.299 e. The maximum Gasteiger partial charge on any atom is 0.299 e. The van der Waals surface area contributed by atoms with Crippen molar-refractivity contribution in [3.8, 4) is 0 Å². The summed E-state index contributed by atoms with van der Waals surface area (Å²) in [6.07, 6.45) is -0.178. The van der Waals surface area contributed by atoms with Gasteiger partial charge in [-0.05, 0) is 70.1 Å². The summed E-state index contributed by atoms with van der Waals surface area (Å²) in [5.74, 6) is -5.91. The molecule has 1 unspecified atom stereocenters. The van der Waals surface area contributed by atoms with Crippen LogP contribution in [0.5, 0.6) is 0 Å². The third kappa shape index (κ3) is 5.08. The monoisotopic (exact) mass is 369 g/mol. The molecule has 0 aromatic heterocycles. The van der Waals surface area contributed by atoms with Crippen molar-refractivity contribution in [2.45, 2.75) is 20.0 Å². The zero-order chi connectivity index (χ0) is 11.9. The highest BCUT2D eigenvalue weighted by Crippen LogP contribution is 2.86. The van der Waals surface area contributed by atoms with Crippen LogP contribution in [0.15, 0.2) is 13.5 Å². The second kappa shape index (κ2) is 5.00. The number of hydrogen-bond donors (Lipinski definition) is 0. The van der Waals surface area contributed by atoms with Crippen molar-refractivity contribution in [3.05, 3.63) is 0 Å². The van der Waals surface area contributed by atoms with Crippen LogP contribution in [0.2, 0.25) is 0 Å². The molecule has 15 heavy (non-hydrogen) atoms. The van der Waals surface area contributed by atoms with Crippen molar-refractivity contribution in [1.29, 1.82) is 0 Å². The lowest BCUT2D eigenvalue weighted by molar-refractivity contribution is 0.272. The first kappa shape index (κ1) is 15.2. The molecule has 0 bridgehead atoms. The number of halogens is 5. The topological polar surface area (TPSA) is 46.3 Å². The van der Waals surface area contributed by atoms with Crippen molar-refractivity contribution >= 4 is 74.8 Å². The van der Waals surface area contributed by atoms with E-state index in [1.165, 1.54) is 0 Å². The van der Waals surface area contributed by atoms with Crippen molar-refractivity contribution in [3.63, 3.8) is 0 Å². The van der Waals surface area contributed by atoms with Gasteiger partial charge in [-0.3, -0.25) is 0 Å². The SMILES string of the molecule is CC(C)OP1(Cl)=NP(Cl)(Cl)=NP(Cl)(Cl)=N1. The summed E-state index contributed by atoms with van der Waals surface area (Å²) in [6.45, 7) is 0.604. The van der Waals surface area contributed by atoms with Crippen molar-refractivity contribution in [1.82, 2.24) is 0 Å². The zero-order valence-electron chi connectivity index (χ0n) is 7.56. The van der Waals surface area contributed by atoms with Crippen LogP contribution in [-0.2, 0) is 4.52 Å². The molecule has 0 fully saturated rings. The van der Waals surface area contributed by atoms with Gasteiger partial charge in [0.1, 0.15) is 0 Å². The average molecular weight is 371 g/mol. The first-order chi connectivity index (χ1) is 6.54. The molecule has 0 spiro atoms. The predicted octanol–water partition coefficient (Wildman–Crippen LogP) is 7.46. The Bertz CT molecular complexity index is 413. The van der Waals surface area contributed by atoms with Crippen LogP contribution in [0.1, 0.15) is 13.8 Å². The summed E-state index contributed by atoms with van der Waals surface area (Å²) in [7, 11) is 0. The summed E-state index contributed by atoms with van der Waals surface area (Å²) >= 11 is 29.4. The Hall–Kier alpha value is 2.10. The van der Waals surface area contributed by atoms with Crippen LogP contribution in [0.3, 0.4) is 0 Å². The highest BCUT2D eigenvalue weighted by atomic mass is 35.9. The van der Waals surface area contributed by atoms with E-state index >= 15 is 0 Å². The average Bonchev–Trinajstić information content (AvgIpc) is 1.70. The minimum atomic E-state index is -2.96. The lowest BCUT2D eigenvalue weighted by atomic mass is 10.5. The molecule has 1 aliphatic rings. The Morgan fingerprint density at radius 1 is 0.867 bits per heavy atom. The first-order valence-corrected chi connectivity index (χ1v) is 13.1. The Balaban J connectivity index is 3.30. The van der Waals surface area contributed by atoms with E-state index in [0.29, 0.717) is 0 Å². The third-order valence-corrected chi connectivity index (χ3v) is 13.2. The van der Waals surface area contributed by atoms with Crippen molar-refractivity contribution in [2.24, 2.45) is 13.5 Å². The van der Waals surface area contributed by atoms with Gasteiger partial charge < -0.3 is 4.52 Å². The molecule has 0 saturated carbocycles. The van der Waals surface area contributed by atoms with Gasteiger partial charge in [-0.1, -0.05) is 0 Å². The molecule has 0 aromatic carbocycles. The summed E-state index contributed by atoms with van der Waals surface area (Å²) in [4.78, 5) is 0. The van der Waals surface area contributed by atoms with Crippen LogP contribution in [-0.4, -0.2) is 6.10 Å². The summed E-state index contributed by atoms with van der Waals surface area (Å²) < 4.78 is 16.9. The molecular weight excluding hydrogens is 364 g/mol. The second-order valence-corrected chi connectivity index (χ2v) is 15.9. The molecule has 0 N–H and O–H groups in total. The van der Waals surface area contributed by atoms with Gasteiger partial charge in [0.25, 0.3) is 18.6 Å². The molecule has 1 heterocycles. The van der Waals surface area contributed by atoms with E-state index in [4.69, 9.17) is 60.7 Å². The Kier molecular flexibility index (Phi) is 5.05. The minimum Gasteiger partial charge on any atom is -0.313 e. The summed E-state index contributed by atoms with van der Waals surface area (Å²) in [6, 6.07) is 0. The third-order valence-electron chi connectivity index (χ3n) is 0.996. The zero-order valence-corrected chi connectivity index (χ0v) is 14.0. The second-order valence-electron chi connectivity index (χ2n) is 2.81. The van der Waals surface area contributed by atoms with Crippen LogP contribution >= 0.6 is 74.8 Å². The molecule has 1 atom stereocenters. The van der Waals surface area contributed by atoms with Crippen molar-refractivity contribution in [2.75, 3.05) is 0 Å². The number of rotatable bonds is 2. The van der Waals surface area contributed by atoms with Crippen LogP contribution in [0.4, 0.5) is 0 Å². The van der Waals surface area contributed by atoms with E-state index in [2.05, 4.69) is 13.5 Å². The highest BCUT2D eigenvalue weighted by Gasteiger charge is 2.33. The molecular formula is C3H7Cl5N3OP3. The number of nitrogens with zero attached hydrogens (tertiary/aromatic N) is 3. The standard InChI is InChI=1S/C3H7Cl5N3OP3/c1-3(2)12-15(8)10-13(4,5)9-14(6,7)11-15/h3H,1-2H3. The van der Waals surface area contributed by atoms with E-state index in [1.807, 2.05) is 0 Å². The van der Waals surface area contributed by atoms with Gasteiger partial charge >= 0.3 is 0 Å². The molecule has 4 nitrogen and oxygen atoms in total. The Morgan fingerprint density at radius 2 is 1.33 bits per heavy atom. The lowest BCUT2D eigenvalue weighted by Gasteiger charge is -2.22. The Labute approximate surface area is 112 Å². The van der Waals surface area contributed by atoms with E-state index < -0.39 is 18.6 Å². The molecule has 90 valence electrons. The summed E-state index contributed by atoms with van der Waals surface area (Å²) in [5.41, 5.74) is 0. The largest absolute Gasteiger partial charge is 0.313 e. The maximum absolute atomic E-state index is 6.05. The van der Waals surface area contributed by atoms with Gasteiger partial charge in [0.05, 0.1) is 6.10 Å². The molecule has 0 aliphatic carbocycles. The fraction of sp³-hybridized carbons (Fsp3) is 1.00. The summed E-state index contributed by atoms with van der Waals surface area (Å²) in [5, 5.41) is 0. The maximum atomic E-state index is 6.05. The fourth-order valence-electron chi connectivity index (χ4n) is 0.759. The fourth-order valence-corrected chi connectivity index (χ4v) is 17.7. The predicted molar refractivity (Wildman–Crippen MR) is 73.5 cm³/mol. The molecule has 0 radical (unpaired) electrons. The van der Waals surface area contributed by atoms with Crippen LogP contribution < -0.4 is 0 Å². The number of hydrogen-bond acceptors (Lipinski definition) is 4. The van der Waals surface area contributed by atoms with Gasteiger partial charge in [0, 0.05) is 0 Å². The normalized spacial score (nSPS) is 32.8. The molecule has 0 aromatic rings. The van der Waals surface area contributed by atoms with E-state index in [0.717, 1.165) is 0 Å². The van der Waals surface area contributed by atoms with E-state index in [9.17, 15) is 0 Å². The van der Waals surface area contributed by atoms with E-state index in [-0.39, 0.29) is 6.10 Å². The molecule has 0 saturated heterocycles. The first-order valence-electron chi connectivity index (χ1n) is 3.62. The van der Waals surface area contributed by atoms with Gasteiger partial charge in [-0.2, -0.15) is 13.5 Å². The van der Waals surface area contributed by atoms with Crippen LogP contribution in [0.25, 0.3) is 0 Å². The molecule has 1 aliphatic heterocycles. The van der Waals surface area contributed by atoms with Gasteiger partial charge in [0.15, 0.2) is 0 Å². The minimum absolute atomic E-state index is 0.178. The van der Waals surface area contributed by atoms with E-state index in [1.54, 1.807) is 13.8 Å². The lowest BCUT2D eigenvalue weighted by Crippen LogP contribution is -1.96. The van der Waals surface area contributed by atoms with Gasteiger partial charge in [-0.15, -0.1) is 0 Å². The van der Waals surface area contributed by atoms with Gasteiger partial charge in [0.2, 0.25) is 0 Å². The molecule has 0 amide bonds. The Morgan fingerprint density at radius 3 is 1.73 bits per heavy atom. The van der Waals surface area contributed by atoms with Gasteiger partial charge in [-0.25, -0.2) is 0 Å². The van der Waals surface area contributed by atoms with Crippen molar-refractivity contribution < 1.29 is 4.52 Å². The van der Waals surface area contributed by atoms with Crippen LogP contribution in [0, 0.1) is 0 Å². The molecule has 1 rings (SSSR count). The highest BCUT2D eigenvalue weighted by molar-refractivity contribution is 8.22.